The molecule has 1 saturated heterocycles. The maximum Gasteiger partial charge on any atom is 0.335 e. The Balaban J connectivity index is 1.91. The van der Waals surface area contributed by atoms with Crippen LogP contribution in [0.1, 0.15) is 40.5 Å². The van der Waals surface area contributed by atoms with E-state index in [1.54, 1.807) is 36.4 Å². The fourth-order valence-electron chi connectivity index (χ4n) is 3.25. The van der Waals surface area contributed by atoms with Gasteiger partial charge < -0.3 is 15.3 Å². The van der Waals surface area contributed by atoms with E-state index in [0.717, 1.165) is 25.2 Å². The minimum atomic E-state index is -1.02. The molecule has 2 aromatic rings. The van der Waals surface area contributed by atoms with Crippen LogP contribution in [0.15, 0.2) is 42.5 Å². The summed E-state index contributed by atoms with van der Waals surface area (Å²) in [6.45, 7) is 3.97. The van der Waals surface area contributed by atoms with Gasteiger partial charge in [-0.1, -0.05) is 18.5 Å². The monoisotopic (exact) mass is 372 g/mol. The molecule has 1 fully saturated rings. The lowest BCUT2D eigenvalue weighted by Gasteiger charge is -2.34. The molecule has 0 spiro atoms. The molecule has 1 amide bonds. The zero-order valence-corrected chi connectivity index (χ0v) is 15.3. The molecule has 0 bridgehead atoms. The summed E-state index contributed by atoms with van der Waals surface area (Å²) in [5.74, 6) is -0.760. The number of halogens is 1. The first kappa shape index (κ1) is 18.3. The van der Waals surface area contributed by atoms with E-state index in [0.29, 0.717) is 22.2 Å². The van der Waals surface area contributed by atoms with Crippen LogP contribution in [-0.4, -0.2) is 30.1 Å². The van der Waals surface area contributed by atoms with Crippen LogP contribution in [0.2, 0.25) is 5.02 Å². The third kappa shape index (κ3) is 4.17. The first-order valence-electron chi connectivity index (χ1n) is 8.63. The minimum absolute atomic E-state index is 0.144. The number of rotatable bonds is 4. The molecule has 26 heavy (non-hydrogen) atoms. The summed E-state index contributed by atoms with van der Waals surface area (Å²) in [5.41, 5.74) is 1.97. The van der Waals surface area contributed by atoms with Gasteiger partial charge in [-0.2, -0.15) is 0 Å². The SMILES string of the molecule is CC1CCCN(c2ccc(C(=O)O)cc2NC(=O)c2ccc(Cl)cc2)C1. The molecule has 1 aliphatic rings. The van der Waals surface area contributed by atoms with Gasteiger partial charge in [0.2, 0.25) is 0 Å². The fourth-order valence-corrected chi connectivity index (χ4v) is 3.37. The summed E-state index contributed by atoms with van der Waals surface area (Å²) < 4.78 is 0. The summed E-state index contributed by atoms with van der Waals surface area (Å²) in [7, 11) is 0. The first-order chi connectivity index (χ1) is 12.4. The number of nitrogens with zero attached hydrogens (tertiary/aromatic N) is 1. The molecule has 5 nitrogen and oxygen atoms in total. The largest absolute Gasteiger partial charge is 0.478 e. The summed E-state index contributed by atoms with van der Waals surface area (Å²) in [5, 5.41) is 12.7. The molecule has 1 atom stereocenters. The predicted octanol–water partition coefficient (Wildman–Crippen LogP) is 4.53. The summed E-state index contributed by atoms with van der Waals surface area (Å²) in [6.07, 6.45) is 2.25. The Morgan fingerprint density at radius 3 is 2.50 bits per heavy atom. The molecule has 0 aromatic heterocycles. The van der Waals surface area contributed by atoms with E-state index in [-0.39, 0.29) is 11.5 Å². The first-order valence-corrected chi connectivity index (χ1v) is 9.01. The van der Waals surface area contributed by atoms with Gasteiger partial charge in [-0.3, -0.25) is 4.79 Å². The van der Waals surface area contributed by atoms with Crippen LogP contribution >= 0.6 is 11.6 Å². The molecule has 0 aliphatic carbocycles. The number of amides is 1. The number of benzene rings is 2. The van der Waals surface area contributed by atoms with Crippen molar-refractivity contribution in [2.45, 2.75) is 19.8 Å². The second-order valence-corrected chi connectivity index (χ2v) is 7.13. The molecule has 1 heterocycles. The Morgan fingerprint density at radius 1 is 1.15 bits per heavy atom. The Kier molecular flexibility index (Phi) is 5.47. The Labute approximate surface area is 157 Å². The van der Waals surface area contributed by atoms with Gasteiger partial charge in [-0.25, -0.2) is 4.79 Å². The number of piperidine rings is 1. The van der Waals surface area contributed by atoms with Crippen molar-refractivity contribution in [2.75, 3.05) is 23.3 Å². The van der Waals surface area contributed by atoms with Crippen LogP contribution in [0, 0.1) is 5.92 Å². The number of aromatic carboxylic acids is 1. The molecule has 1 unspecified atom stereocenters. The number of hydrogen-bond donors (Lipinski definition) is 2. The molecular weight excluding hydrogens is 352 g/mol. The zero-order valence-electron chi connectivity index (χ0n) is 14.5. The number of carbonyl (C=O) groups is 2. The van der Waals surface area contributed by atoms with E-state index in [4.69, 9.17) is 11.6 Å². The maximum atomic E-state index is 12.6. The van der Waals surface area contributed by atoms with Gasteiger partial charge in [0.15, 0.2) is 0 Å². The highest BCUT2D eigenvalue weighted by molar-refractivity contribution is 6.30. The van der Waals surface area contributed by atoms with Crippen LogP contribution in [0.5, 0.6) is 0 Å². The Bertz CT molecular complexity index is 820. The molecule has 136 valence electrons. The Morgan fingerprint density at radius 2 is 1.85 bits per heavy atom. The second kappa shape index (κ2) is 7.79. The van der Waals surface area contributed by atoms with Gasteiger partial charge in [0, 0.05) is 23.7 Å². The lowest BCUT2D eigenvalue weighted by molar-refractivity contribution is 0.0696. The normalized spacial score (nSPS) is 17.0. The topological polar surface area (TPSA) is 69.6 Å². The molecule has 0 radical (unpaired) electrons. The van der Waals surface area contributed by atoms with Crippen LogP contribution in [0.4, 0.5) is 11.4 Å². The van der Waals surface area contributed by atoms with Crippen molar-refractivity contribution < 1.29 is 14.7 Å². The van der Waals surface area contributed by atoms with Gasteiger partial charge in [0.1, 0.15) is 0 Å². The van der Waals surface area contributed by atoms with Gasteiger partial charge in [-0.15, -0.1) is 0 Å². The average molecular weight is 373 g/mol. The number of nitrogens with one attached hydrogen (secondary N) is 1. The Hall–Kier alpha value is -2.53. The van der Waals surface area contributed by atoms with E-state index in [2.05, 4.69) is 17.1 Å². The predicted molar refractivity (Wildman–Crippen MR) is 103 cm³/mol. The van der Waals surface area contributed by atoms with E-state index < -0.39 is 5.97 Å². The van der Waals surface area contributed by atoms with Crippen LogP contribution in [0.25, 0.3) is 0 Å². The highest BCUT2D eigenvalue weighted by atomic mass is 35.5. The van der Waals surface area contributed by atoms with Crippen molar-refractivity contribution >= 4 is 34.9 Å². The lowest BCUT2D eigenvalue weighted by Crippen LogP contribution is -2.35. The zero-order chi connectivity index (χ0) is 18.7. The van der Waals surface area contributed by atoms with Crippen LogP contribution in [-0.2, 0) is 0 Å². The van der Waals surface area contributed by atoms with Gasteiger partial charge >= 0.3 is 5.97 Å². The second-order valence-electron chi connectivity index (χ2n) is 6.69. The standard InChI is InChI=1S/C20H21ClN2O3/c1-13-3-2-10-23(12-13)18-9-6-15(20(25)26)11-17(18)22-19(24)14-4-7-16(21)8-5-14/h4-9,11,13H,2-3,10,12H2,1H3,(H,22,24)(H,25,26). The smallest absolute Gasteiger partial charge is 0.335 e. The number of anilines is 2. The van der Waals surface area contributed by atoms with Crippen molar-refractivity contribution in [3.63, 3.8) is 0 Å². The summed E-state index contributed by atoms with van der Waals surface area (Å²) in [6, 6.07) is 11.5. The fraction of sp³-hybridized carbons (Fsp3) is 0.300. The molecule has 2 N–H and O–H groups in total. The van der Waals surface area contributed by atoms with Gasteiger partial charge in [0.25, 0.3) is 5.91 Å². The molecule has 1 aliphatic heterocycles. The third-order valence-electron chi connectivity index (χ3n) is 4.60. The number of carboxylic acid groups (broad SMARTS) is 1. The molecule has 2 aromatic carbocycles. The van der Waals surface area contributed by atoms with Gasteiger partial charge in [0.05, 0.1) is 16.9 Å². The number of carboxylic acids is 1. The van der Waals surface area contributed by atoms with E-state index in [1.807, 2.05) is 0 Å². The van der Waals surface area contributed by atoms with E-state index >= 15 is 0 Å². The third-order valence-corrected chi connectivity index (χ3v) is 4.85. The summed E-state index contributed by atoms with van der Waals surface area (Å²) >= 11 is 5.87. The van der Waals surface area contributed by atoms with Gasteiger partial charge in [-0.05, 0) is 61.2 Å². The number of hydrogen-bond acceptors (Lipinski definition) is 3. The molecule has 3 rings (SSSR count). The minimum Gasteiger partial charge on any atom is -0.478 e. The van der Waals surface area contributed by atoms with Crippen LogP contribution in [0.3, 0.4) is 0 Å². The quantitative estimate of drug-likeness (QED) is 0.827. The van der Waals surface area contributed by atoms with Crippen molar-refractivity contribution in [3.8, 4) is 0 Å². The number of carbonyl (C=O) groups excluding carboxylic acids is 1. The van der Waals surface area contributed by atoms with Crippen molar-refractivity contribution in [3.05, 3.63) is 58.6 Å². The highest BCUT2D eigenvalue weighted by Gasteiger charge is 2.21. The molecular formula is C20H21ClN2O3. The molecule has 0 saturated carbocycles. The van der Waals surface area contributed by atoms with Crippen molar-refractivity contribution in [1.82, 2.24) is 0 Å². The maximum absolute atomic E-state index is 12.6. The van der Waals surface area contributed by atoms with Crippen LogP contribution < -0.4 is 10.2 Å². The highest BCUT2D eigenvalue weighted by Crippen LogP contribution is 2.31. The van der Waals surface area contributed by atoms with Crippen molar-refractivity contribution in [2.24, 2.45) is 5.92 Å². The summed E-state index contributed by atoms with van der Waals surface area (Å²) in [4.78, 5) is 26.1. The molecule has 6 heteroatoms. The lowest BCUT2D eigenvalue weighted by atomic mass is 9.99. The average Bonchev–Trinajstić information content (AvgIpc) is 2.62. The van der Waals surface area contributed by atoms with Crippen molar-refractivity contribution in [1.29, 1.82) is 0 Å². The van der Waals surface area contributed by atoms with E-state index in [1.165, 1.54) is 12.5 Å². The van der Waals surface area contributed by atoms with E-state index in [9.17, 15) is 14.7 Å².